The SMILES string of the molecule is Cc1cc(Pc2ccccc2N(C)C)c(O)c(C(C)(C)C)c1. The molecule has 0 amide bonds. The van der Waals surface area contributed by atoms with Crippen molar-refractivity contribution >= 4 is 24.9 Å². The molecule has 22 heavy (non-hydrogen) atoms. The fraction of sp³-hybridized carbons (Fsp3) is 0.368. The van der Waals surface area contributed by atoms with Gasteiger partial charge in [-0.15, -0.1) is 0 Å². The Kier molecular flexibility index (Phi) is 4.82. The summed E-state index contributed by atoms with van der Waals surface area (Å²) in [5.41, 5.74) is 3.38. The Balaban J connectivity index is 2.49. The van der Waals surface area contributed by atoms with E-state index in [1.54, 1.807) is 0 Å². The first-order chi connectivity index (χ1) is 10.2. The fourth-order valence-corrected chi connectivity index (χ4v) is 4.02. The zero-order valence-electron chi connectivity index (χ0n) is 14.4. The van der Waals surface area contributed by atoms with Gasteiger partial charge in [0.05, 0.1) is 0 Å². The van der Waals surface area contributed by atoms with Crippen molar-refractivity contribution in [1.29, 1.82) is 0 Å². The number of anilines is 1. The molecule has 0 aliphatic carbocycles. The Labute approximate surface area is 136 Å². The van der Waals surface area contributed by atoms with Crippen LogP contribution in [0.15, 0.2) is 36.4 Å². The average molecular weight is 315 g/mol. The molecule has 0 saturated heterocycles. The maximum atomic E-state index is 10.7. The molecule has 1 unspecified atom stereocenters. The molecular weight excluding hydrogens is 289 g/mol. The van der Waals surface area contributed by atoms with E-state index in [4.69, 9.17) is 0 Å². The lowest BCUT2D eigenvalue weighted by molar-refractivity contribution is 0.450. The molecule has 1 N–H and O–H groups in total. The highest BCUT2D eigenvalue weighted by Gasteiger charge is 2.21. The minimum Gasteiger partial charge on any atom is -0.507 e. The molecule has 0 aliphatic rings. The zero-order chi connectivity index (χ0) is 16.5. The van der Waals surface area contributed by atoms with Crippen LogP contribution in [0.4, 0.5) is 5.69 Å². The third kappa shape index (κ3) is 3.62. The molecule has 0 aromatic heterocycles. The van der Waals surface area contributed by atoms with Crippen LogP contribution < -0.4 is 15.5 Å². The molecule has 3 heteroatoms. The summed E-state index contributed by atoms with van der Waals surface area (Å²) in [6.45, 7) is 8.52. The second-order valence-corrected chi connectivity index (χ2v) is 8.32. The maximum absolute atomic E-state index is 10.7. The first-order valence-corrected chi connectivity index (χ1v) is 8.57. The lowest BCUT2D eigenvalue weighted by Gasteiger charge is -2.24. The van der Waals surface area contributed by atoms with Crippen LogP contribution in [-0.4, -0.2) is 19.2 Å². The number of phenolic OH excluding ortho intramolecular Hbond substituents is 1. The van der Waals surface area contributed by atoms with E-state index >= 15 is 0 Å². The van der Waals surface area contributed by atoms with Crippen LogP contribution in [0.5, 0.6) is 5.75 Å². The molecule has 0 radical (unpaired) electrons. The highest BCUT2D eigenvalue weighted by Crippen LogP contribution is 2.33. The molecule has 0 fully saturated rings. The number of benzene rings is 2. The average Bonchev–Trinajstić information content (AvgIpc) is 2.41. The summed E-state index contributed by atoms with van der Waals surface area (Å²) in [6.07, 6.45) is 0. The van der Waals surface area contributed by atoms with Crippen molar-refractivity contribution in [2.75, 3.05) is 19.0 Å². The summed E-state index contributed by atoms with van der Waals surface area (Å²) in [5.74, 6) is 0.449. The maximum Gasteiger partial charge on any atom is 0.127 e. The van der Waals surface area contributed by atoms with E-state index < -0.39 is 0 Å². The predicted octanol–water partition coefficient (Wildman–Crippen LogP) is 3.69. The van der Waals surface area contributed by atoms with Gasteiger partial charge < -0.3 is 10.0 Å². The van der Waals surface area contributed by atoms with Crippen molar-refractivity contribution in [2.24, 2.45) is 0 Å². The van der Waals surface area contributed by atoms with Crippen LogP contribution in [0.2, 0.25) is 0 Å². The Hall–Kier alpha value is -1.53. The van der Waals surface area contributed by atoms with Gasteiger partial charge in [-0.1, -0.05) is 53.6 Å². The van der Waals surface area contributed by atoms with Crippen LogP contribution in [-0.2, 0) is 5.41 Å². The lowest BCUT2D eigenvalue weighted by Crippen LogP contribution is -2.19. The van der Waals surface area contributed by atoms with Crippen molar-refractivity contribution in [3.05, 3.63) is 47.5 Å². The monoisotopic (exact) mass is 315 g/mol. The number of nitrogens with zero attached hydrogens (tertiary/aromatic N) is 1. The molecular formula is C19H26NOP. The molecule has 2 rings (SSSR count). The van der Waals surface area contributed by atoms with E-state index in [0.717, 1.165) is 10.9 Å². The first-order valence-electron chi connectivity index (χ1n) is 7.57. The standard InChI is InChI=1S/C19H26NOP/c1-13-11-14(19(2,3)4)18(21)17(12-13)22-16-10-8-7-9-15(16)20(5)6/h7-12,21-22H,1-6H3. The topological polar surface area (TPSA) is 23.5 Å². The van der Waals surface area contributed by atoms with E-state index in [1.165, 1.54) is 16.6 Å². The van der Waals surface area contributed by atoms with E-state index in [2.05, 4.69) is 83.1 Å². The molecule has 1 atom stereocenters. The normalized spacial score (nSPS) is 12.1. The molecule has 0 spiro atoms. The molecule has 2 aromatic carbocycles. The number of hydrogen-bond acceptors (Lipinski definition) is 2. The summed E-state index contributed by atoms with van der Waals surface area (Å²) >= 11 is 0. The van der Waals surface area contributed by atoms with Crippen molar-refractivity contribution in [1.82, 2.24) is 0 Å². The molecule has 2 aromatic rings. The Morgan fingerprint density at radius 2 is 1.64 bits per heavy atom. The molecule has 0 saturated carbocycles. The molecule has 2 nitrogen and oxygen atoms in total. The summed E-state index contributed by atoms with van der Waals surface area (Å²) in [5, 5.41) is 13.0. The Morgan fingerprint density at radius 3 is 2.23 bits per heavy atom. The summed E-state index contributed by atoms with van der Waals surface area (Å²) in [6, 6.07) is 12.6. The number of aryl methyl sites for hydroxylation is 1. The third-order valence-electron chi connectivity index (χ3n) is 3.72. The van der Waals surface area contributed by atoms with Gasteiger partial charge in [-0.3, -0.25) is 0 Å². The number of aromatic hydroxyl groups is 1. The van der Waals surface area contributed by atoms with Gasteiger partial charge in [-0.25, -0.2) is 0 Å². The highest BCUT2D eigenvalue weighted by molar-refractivity contribution is 7.56. The van der Waals surface area contributed by atoms with Gasteiger partial charge in [0, 0.05) is 36.0 Å². The quantitative estimate of drug-likeness (QED) is 0.873. The minimum absolute atomic E-state index is 0.0591. The van der Waals surface area contributed by atoms with E-state index in [0.29, 0.717) is 14.3 Å². The van der Waals surface area contributed by atoms with E-state index in [-0.39, 0.29) is 5.41 Å². The van der Waals surface area contributed by atoms with Crippen LogP contribution >= 0.6 is 8.58 Å². The highest BCUT2D eigenvalue weighted by atomic mass is 31.1. The largest absolute Gasteiger partial charge is 0.507 e. The van der Waals surface area contributed by atoms with Gasteiger partial charge in [0.25, 0.3) is 0 Å². The minimum atomic E-state index is -0.0591. The van der Waals surface area contributed by atoms with Crippen LogP contribution in [0.3, 0.4) is 0 Å². The van der Waals surface area contributed by atoms with Crippen LogP contribution in [0, 0.1) is 6.92 Å². The fourth-order valence-electron chi connectivity index (χ4n) is 2.56. The number of rotatable bonds is 3. The van der Waals surface area contributed by atoms with Gasteiger partial charge in [0.15, 0.2) is 0 Å². The molecule has 0 heterocycles. The van der Waals surface area contributed by atoms with Crippen molar-refractivity contribution in [2.45, 2.75) is 33.1 Å². The number of phenols is 1. The lowest BCUT2D eigenvalue weighted by atomic mass is 9.85. The second-order valence-electron chi connectivity index (χ2n) is 7.00. The molecule has 0 bridgehead atoms. The van der Waals surface area contributed by atoms with Gasteiger partial charge >= 0.3 is 0 Å². The summed E-state index contributed by atoms with van der Waals surface area (Å²) in [4.78, 5) is 2.12. The first kappa shape index (κ1) is 16.8. The molecule has 0 aliphatic heterocycles. The van der Waals surface area contributed by atoms with E-state index in [1.807, 2.05) is 0 Å². The predicted molar refractivity (Wildman–Crippen MR) is 99.9 cm³/mol. The smallest absolute Gasteiger partial charge is 0.127 e. The van der Waals surface area contributed by atoms with Crippen molar-refractivity contribution in [3.63, 3.8) is 0 Å². The van der Waals surface area contributed by atoms with Gasteiger partial charge in [-0.2, -0.15) is 0 Å². The second kappa shape index (κ2) is 6.30. The number of hydrogen-bond donors (Lipinski definition) is 1. The summed E-state index contributed by atoms with van der Waals surface area (Å²) < 4.78 is 0. The van der Waals surface area contributed by atoms with Crippen molar-refractivity contribution < 1.29 is 5.11 Å². The van der Waals surface area contributed by atoms with Crippen molar-refractivity contribution in [3.8, 4) is 5.75 Å². The zero-order valence-corrected chi connectivity index (χ0v) is 15.4. The van der Waals surface area contributed by atoms with E-state index in [9.17, 15) is 5.11 Å². The third-order valence-corrected chi connectivity index (χ3v) is 5.06. The molecule has 118 valence electrons. The van der Waals surface area contributed by atoms with Crippen LogP contribution in [0.25, 0.3) is 0 Å². The van der Waals surface area contributed by atoms with Gasteiger partial charge in [-0.05, 0) is 30.0 Å². The van der Waals surface area contributed by atoms with Crippen LogP contribution in [0.1, 0.15) is 31.9 Å². The Morgan fingerprint density at radius 1 is 1.00 bits per heavy atom. The summed E-state index contributed by atoms with van der Waals surface area (Å²) in [7, 11) is 4.56. The Bertz CT molecular complexity index is 672. The van der Waals surface area contributed by atoms with Gasteiger partial charge in [0.1, 0.15) is 5.75 Å². The number of para-hydroxylation sites is 1. The van der Waals surface area contributed by atoms with Gasteiger partial charge in [0.2, 0.25) is 0 Å².